The summed E-state index contributed by atoms with van der Waals surface area (Å²) in [5.74, 6) is -0.723. The fraction of sp³-hybridized carbons (Fsp3) is 0.833. The highest BCUT2D eigenvalue weighted by Crippen LogP contribution is 2.38. The molecule has 2 fully saturated rings. The average Bonchev–Trinajstić information content (AvgIpc) is 3.06. The van der Waals surface area contributed by atoms with E-state index in [1.807, 2.05) is 0 Å². The second-order valence-electron chi connectivity index (χ2n) is 5.69. The molecule has 1 N–H and O–H groups in total. The Morgan fingerprint density at radius 2 is 1.95 bits per heavy atom. The van der Waals surface area contributed by atoms with Crippen LogP contribution < -0.4 is 5.32 Å². The van der Waals surface area contributed by atoms with Crippen LogP contribution in [0.3, 0.4) is 0 Å². The van der Waals surface area contributed by atoms with Crippen LogP contribution in [0.4, 0.5) is 13.2 Å². The van der Waals surface area contributed by atoms with Gasteiger partial charge in [0.05, 0.1) is 0 Å². The Morgan fingerprint density at radius 1 is 1.35 bits per heavy atom. The molecule has 1 aliphatic heterocycles. The summed E-state index contributed by atoms with van der Waals surface area (Å²) in [5.41, 5.74) is -5.36. The summed E-state index contributed by atoms with van der Waals surface area (Å²) in [6.07, 6.45) is 1.68. The Kier molecular flexibility index (Phi) is 3.96. The number of carbonyl (C=O) groups is 2. The highest BCUT2D eigenvalue weighted by Gasteiger charge is 2.50. The Morgan fingerprint density at radius 3 is 2.45 bits per heavy atom. The summed E-state index contributed by atoms with van der Waals surface area (Å²) in [7, 11) is 0. The van der Waals surface area contributed by atoms with Crippen LogP contribution in [0.1, 0.15) is 26.7 Å². The van der Waals surface area contributed by atoms with Gasteiger partial charge in [-0.1, -0.05) is 0 Å². The van der Waals surface area contributed by atoms with E-state index >= 15 is 0 Å². The van der Waals surface area contributed by atoms with Gasteiger partial charge in [0.25, 0.3) is 0 Å². The van der Waals surface area contributed by atoms with Crippen LogP contribution in [-0.4, -0.2) is 46.1 Å². The zero-order valence-electron chi connectivity index (χ0n) is 11.3. The van der Waals surface area contributed by atoms with Crippen molar-refractivity contribution in [3.8, 4) is 0 Å². The molecule has 0 radical (unpaired) electrons. The number of thioether (sulfide) groups is 1. The number of hydrogen-bond donors (Lipinski definition) is 1. The van der Waals surface area contributed by atoms with Crippen LogP contribution in [0.15, 0.2) is 0 Å². The molecule has 1 heterocycles. The molecule has 1 atom stereocenters. The number of halogens is 3. The largest absolute Gasteiger partial charge is 0.441 e. The van der Waals surface area contributed by atoms with E-state index in [0.717, 1.165) is 12.8 Å². The van der Waals surface area contributed by atoms with Crippen LogP contribution in [0.25, 0.3) is 0 Å². The van der Waals surface area contributed by atoms with Crippen molar-refractivity contribution in [2.45, 2.75) is 43.8 Å². The molecule has 114 valence electrons. The van der Waals surface area contributed by atoms with Gasteiger partial charge in [0.2, 0.25) is 11.8 Å². The summed E-state index contributed by atoms with van der Waals surface area (Å²) >= 11 is -0.161. The van der Waals surface area contributed by atoms with Gasteiger partial charge in [-0.15, -0.1) is 0 Å². The highest BCUT2D eigenvalue weighted by molar-refractivity contribution is 8.00. The van der Waals surface area contributed by atoms with Crippen molar-refractivity contribution < 1.29 is 22.8 Å². The lowest BCUT2D eigenvalue weighted by molar-refractivity contribution is -0.154. The second-order valence-corrected chi connectivity index (χ2v) is 6.85. The third-order valence-electron chi connectivity index (χ3n) is 3.50. The monoisotopic (exact) mass is 310 g/mol. The molecule has 0 bridgehead atoms. The molecule has 0 aromatic rings. The maximum absolute atomic E-state index is 12.3. The predicted molar refractivity (Wildman–Crippen MR) is 69.0 cm³/mol. The van der Waals surface area contributed by atoms with Gasteiger partial charge in [-0.3, -0.25) is 9.59 Å². The lowest BCUT2D eigenvalue weighted by Crippen LogP contribution is -2.68. The SMILES string of the molecule is CC1(C)NC(=O)C(C2CC2)N(CCSC(F)(F)F)C1=O. The molecular formula is C12H17F3N2O2S. The van der Waals surface area contributed by atoms with Gasteiger partial charge >= 0.3 is 5.51 Å². The van der Waals surface area contributed by atoms with E-state index in [-0.39, 0.29) is 41.8 Å². The Hall–Kier alpha value is -0.920. The van der Waals surface area contributed by atoms with E-state index in [4.69, 9.17) is 0 Å². The van der Waals surface area contributed by atoms with Crippen molar-refractivity contribution >= 4 is 23.6 Å². The molecule has 2 rings (SSSR count). The van der Waals surface area contributed by atoms with Crippen LogP contribution >= 0.6 is 11.8 Å². The average molecular weight is 310 g/mol. The minimum absolute atomic E-state index is 0.0545. The summed E-state index contributed by atoms with van der Waals surface area (Å²) in [5, 5.41) is 2.65. The van der Waals surface area contributed by atoms with Gasteiger partial charge in [0.15, 0.2) is 0 Å². The second kappa shape index (κ2) is 5.13. The normalized spacial score (nSPS) is 26.6. The van der Waals surface area contributed by atoms with Gasteiger partial charge in [-0.2, -0.15) is 13.2 Å². The maximum atomic E-state index is 12.3. The number of rotatable bonds is 4. The van der Waals surface area contributed by atoms with Crippen molar-refractivity contribution in [2.75, 3.05) is 12.3 Å². The molecule has 0 aromatic carbocycles. The molecule has 0 aromatic heterocycles. The molecular weight excluding hydrogens is 293 g/mol. The van der Waals surface area contributed by atoms with Gasteiger partial charge < -0.3 is 10.2 Å². The molecule has 2 aliphatic rings. The first-order chi connectivity index (χ1) is 9.12. The van der Waals surface area contributed by atoms with Crippen molar-refractivity contribution in [1.82, 2.24) is 10.2 Å². The topological polar surface area (TPSA) is 49.4 Å². The van der Waals surface area contributed by atoms with Crippen molar-refractivity contribution in [3.05, 3.63) is 0 Å². The van der Waals surface area contributed by atoms with Crippen LogP contribution in [0, 0.1) is 5.92 Å². The summed E-state index contributed by atoms with van der Waals surface area (Å²) in [4.78, 5) is 25.7. The number of amides is 2. The Bertz CT molecular complexity index is 421. The first kappa shape index (κ1) is 15.5. The smallest absolute Gasteiger partial charge is 0.340 e. The molecule has 1 unspecified atom stereocenters. The van der Waals surface area contributed by atoms with Crippen LogP contribution in [0.2, 0.25) is 0 Å². The molecule has 1 aliphatic carbocycles. The molecule has 1 saturated carbocycles. The third kappa shape index (κ3) is 3.39. The number of piperazine rings is 1. The van der Waals surface area contributed by atoms with Crippen molar-refractivity contribution in [3.63, 3.8) is 0 Å². The lowest BCUT2D eigenvalue weighted by Gasteiger charge is -2.43. The number of nitrogens with one attached hydrogen (secondary N) is 1. The molecule has 1 saturated heterocycles. The fourth-order valence-electron chi connectivity index (χ4n) is 2.44. The van der Waals surface area contributed by atoms with Crippen LogP contribution in [-0.2, 0) is 9.59 Å². The van der Waals surface area contributed by atoms with Gasteiger partial charge in [-0.25, -0.2) is 0 Å². The summed E-state index contributed by atoms with van der Waals surface area (Å²) in [6, 6.07) is -0.607. The van der Waals surface area contributed by atoms with Crippen molar-refractivity contribution in [1.29, 1.82) is 0 Å². The number of carbonyl (C=O) groups excluding carboxylic acids is 2. The number of hydrogen-bond acceptors (Lipinski definition) is 3. The summed E-state index contributed by atoms with van der Waals surface area (Å²) < 4.78 is 36.6. The zero-order valence-corrected chi connectivity index (χ0v) is 12.1. The van der Waals surface area contributed by atoms with E-state index in [9.17, 15) is 22.8 Å². The number of alkyl halides is 3. The van der Waals surface area contributed by atoms with Gasteiger partial charge in [0.1, 0.15) is 11.6 Å². The van der Waals surface area contributed by atoms with E-state index < -0.39 is 17.1 Å². The quantitative estimate of drug-likeness (QED) is 0.861. The van der Waals surface area contributed by atoms with Crippen LogP contribution in [0.5, 0.6) is 0 Å². The summed E-state index contributed by atoms with van der Waals surface area (Å²) in [6.45, 7) is 3.08. The van der Waals surface area contributed by atoms with E-state index in [1.165, 1.54) is 4.90 Å². The highest BCUT2D eigenvalue weighted by atomic mass is 32.2. The van der Waals surface area contributed by atoms with E-state index in [2.05, 4.69) is 5.32 Å². The minimum atomic E-state index is -4.31. The van der Waals surface area contributed by atoms with E-state index in [1.54, 1.807) is 13.8 Å². The first-order valence-corrected chi connectivity index (χ1v) is 7.44. The van der Waals surface area contributed by atoms with Crippen molar-refractivity contribution in [2.24, 2.45) is 5.92 Å². The Balaban J connectivity index is 2.07. The zero-order chi connectivity index (χ0) is 15.1. The molecule has 20 heavy (non-hydrogen) atoms. The lowest BCUT2D eigenvalue weighted by atomic mass is 9.95. The number of nitrogens with zero attached hydrogens (tertiary/aromatic N) is 1. The first-order valence-electron chi connectivity index (χ1n) is 6.45. The van der Waals surface area contributed by atoms with Gasteiger partial charge in [0, 0.05) is 12.3 Å². The standard InChI is InChI=1S/C12H17F3N2O2S/c1-11(2)10(19)17(5-6-20-12(13,14)15)8(7-3-4-7)9(18)16-11/h7-8H,3-6H2,1-2H3,(H,16,18). The predicted octanol–water partition coefficient (Wildman–Crippen LogP) is 1.75. The third-order valence-corrected chi connectivity index (χ3v) is 4.22. The molecule has 2 amide bonds. The molecule has 4 nitrogen and oxygen atoms in total. The molecule has 8 heteroatoms. The van der Waals surface area contributed by atoms with Gasteiger partial charge in [-0.05, 0) is 44.4 Å². The maximum Gasteiger partial charge on any atom is 0.441 e. The molecule has 0 spiro atoms. The minimum Gasteiger partial charge on any atom is -0.340 e. The Labute approximate surface area is 119 Å². The van der Waals surface area contributed by atoms with E-state index in [0.29, 0.717) is 0 Å². The fourth-order valence-corrected chi connectivity index (χ4v) is 2.96.